The summed E-state index contributed by atoms with van der Waals surface area (Å²) in [7, 11) is 1.59. The molecular weight excluding hydrogens is 861 g/mol. The van der Waals surface area contributed by atoms with Crippen molar-refractivity contribution in [3.05, 3.63) is 75.6 Å². The SMILES string of the molecule is CN=CC(=CN)c1cc2c(cc1C(F)F)N(c1nn(C3CCN(CC(=O)NCCCCCCCCNc4ccc(C(=O)NC5=NCC(C)S5)c(C)c4)CC3)c3c1CN(C(C)=O)CC3)CCC2. The number of likely N-dealkylation sites (tertiary alicyclic amines) is 1. The maximum atomic E-state index is 14.7. The van der Waals surface area contributed by atoms with E-state index in [2.05, 4.69) is 47.3 Å². The van der Waals surface area contributed by atoms with Crippen molar-refractivity contribution in [3.63, 3.8) is 0 Å². The number of aryl methyl sites for hydroxylation is 2. The Labute approximate surface area is 392 Å². The molecule has 4 aliphatic rings. The zero-order chi connectivity index (χ0) is 46.7. The molecule has 1 saturated heterocycles. The number of fused-ring (bicyclic) bond motifs is 2. The molecule has 4 aliphatic heterocycles. The number of hydrogen-bond donors (Lipinski definition) is 4. The van der Waals surface area contributed by atoms with Crippen LogP contribution in [0.4, 0.5) is 26.0 Å². The van der Waals surface area contributed by atoms with Crippen LogP contribution in [0.1, 0.15) is 128 Å². The molecule has 5 N–H and O–H groups in total. The largest absolute Gasteiger partial charge is 0.404 e. The van der Waals surface area contributed by atoms with Crippen LogP contribution in [0.5, 0.6) is 0 Å². The predicted molar refractivity (Wildman–Crippen MR) is 262 cm³/mol. The van der Waals surface area contributed by atoms with E-state index in [0.717, 1.165) is 124 Å². The highest BCUT2D eigenvalue weighted by atomic mass is 32.2. The first-order chi connectivity index (χ1) is 31.9. The first-order valence-corrected chi connectivity index (χ1v) is 24.6. The molecule has 1 atom stereocenters. The lowest BCUT2D eigenvalue weighted by Gasteiger charge is -2.33. The van der Waals surface area contributed by atoms with Gasteiger partial charge in [-0.3, -0.25) is 34.0 Å². The van der Waals surface area contributed by atoms with Crippen molar-refractivity contribution in [2.24, 2.45) is 15.7 Å². The first-order valence-electron chi connectivity index (χ1n) is 23.7. The normalized spacial score (nSPS) is 18.1. The van der Waals surface area contributed by atoms with Crippen LogP contribution in [0.15, 0.2) is 46.5 Å². The molecule has 0 radical (unpaired) electrons. The average molecular weight is 928 g/mol. The molecule has 5 heterocycles. The van der Waals surface area contributed by atoms with Crippen molar-refractivity contribution in [1.29, 1.82) is 0 Å². The van der Waals surface area contributed by atoms with Gasteiger partial charge < -0.3 is 31.5 Å². The number of carbonyl (C=O) groups excluding carboxylic acids is 3. The van der Waals surface area contributed by atoms with Crippen LogP contribution in [-0.4, -0.2) is 113 Å². The number of allylic oxidation sites excluding steroid dienone is 1. The number of amides is 3. The number of nitrogens with one attached hydrogen (secondary N) is 3. The number of rotatable bonds is 18. The molecule has 356 valence electrons. The second-order valence-corrected chi connectivity index (χ2v) is 19.4. The number of aromatic nitrogens is 2. The number of hydrogen-bond acceptors (Lipinski definition) is 11. The number of alkyl halides is 2. The van der Waals surface area contributed by atoms with Gasteiger partial charge in [-0.25, -0.2) is 8.78 Å². The summed E-state index contributed by atoms with van der Waals surface area (Å²) in [6, 6.07) is 9.39. The van der Waals surface area contributed by atoms with Crippen molar-refractivity contribution in [3.8, 4) is 0 Å². The van der Waals surface area contributed by atoms with Crippen LogP contribution in [0.25, 0.3) is 5.57 Å². The minimum atomic E-state index is -2.72. The van der Waals surface area contributed by atoms with E-state index in [-0.39, 0.29) is 29.3 Å². The molecular formula is C49H67F2N11O3S. The Morgan fingerprint density at radius 2 is 1.74 bits per heavy atom. The molecule has 2 aromatic carbocycles. The second kappa shape index (κ2) is 22.9. The molecule has 0 saturated carbocycles. The number of thioether (sulfide) groups is 1. The summed E-state index contributed by atoms with van der Waals surface area (Å²) >= 11 is 1.60. The van der Waals surface area contributed by atoms with Crippen LogP contribution < -0.4 is 26.6 Å². The summed E-state index contributed by atoms with van der Waals surface area (Å²) in [4.78, 5) is 52.8. The zero-order valence-corrected chi connectivity index (χ0v) is 39.8. The van der Waals surface area contributed by atoms with E-state index in [1.54, 1.807) is 31.8 Å². The van der Waals surface area contributed by atoms with E-state index in [1.807, 2.05) is 36.1 Å². The first kappa shape index (κ1) is 48.6. The molecule has 1 aromatic heterocycles. The number of nitrogens with two attached hydrogens (primary N) is 1. The lowest BCUT2D eigenvalue weighted by Crippen LogP contribution is -2.42. The summed E-state index contributed by atoms with van der Waals surface area (Å²) in [5, 5.41) is 15.9. The Kier molecular flexibility index (Phi) is 16.9. The van der Waals surface area contributed by atoms with Crippen molar-refractivity contribution >= 4 is 63.6 Å². The fourth-order valence-electron chi connectivity index (χ4n) is 9.59. The maximum absolute atomic E-state index is 14.7. The summed E-state index contributed by atoms with van der Waals surface area (Å²) in [5.41, 5.74) is 12.9. The molecule has 1 fully saturated rings. The highest BCUT2D eigenvalue weighted by Gasteiger charge is 2.35. The van der Waals surface area contributed by atoms with Gasteiger partial charge in [-0.1, -0.05) is 44.4 Å². The van der Waals surface area contributed by atoms with Crippen molar-refractivity contribution < 1.29 is 23.2 Å². The summed E-state index contributed by atoms with van der Waals surface area (Å²) < 4.78 is 31.5. The molecule has 66 heavy (non-hydrogen) atoms. The monoisotopic (exact) mass is 928 g/mol. The molecule has 3 amide bonds. The van der Waals surface area contributed by atoms with Gasteiger partial charge >= 0.3 is 0 Å². The van der Waals surface area contributed by atoms with Crippen LogP contribution in [-0.2, 0) is 29.0 Å². The third-order valence-corrected chi connectivity index (χ3v) is 14.2. The number of halogens is 2. The average Bonchev–Trinajstić information content (AvgIpc) is 3.90. The van der Waals surface area contributed by atoms with Gasteiger partial charge in [0.15, 0.2) is 11.0 Å². The number of aliphatic imine (C=N–C) groups is 2. The fraction of sp³-hybridized carbons (Fsp3) is 0.551. The van der Waals surface area contributed by atoms with Crippen LogP contribution >= 0.6 is 11.8 Å². The van der Waals surface area contributed by atoms with E-state index in [4.69, 9.17) is 10.8 Å². The quantitative estimate of drug-likeness (QED) is 0.0745. The molecule has 0 bridgehead atoms. The van der Waals surface area contributed by atoms with Crippen LogP contribution in [0, 0.1) is 6.92 Å². The molecule has 1 unspecified atom stereocenters. The Hall–Kier alpha value is -5.29. The van der Waals surface area contributed by atoms with Crippen molar-refractivity contribution in [2.75, 3.05) is 69.6 Å². The molecule has 17 heteroatoms. The van der Waals surface area contributed by atoms with Crippen molar-refractivity contribution in [1.82, 2.24) is 30.2 Å². The maximum Gasteiger partial charge on any atom is 0.264 e. The number of benzene rings is 2. The fourth-order valence-corrected chi connectivity index (χ4v) is 10.4. The molecule has 0 spiro atoms. The van der Waals surface area contributed by atoms with Gasteiger partial charge in [0.05, 0.1) is 25.7 Å². The van der Waals surface area contributed by atoms with Gasteiger partial charge in [-0.2, -0.15) is 5.10 Å². The lowest BCUT2D eigenvalue weighted by molar-refractivity contribution is -0.129. The Bertz CT molecular complexity index is 2300. The molecule has 7 rings (SSSR count). The summed E-state index contributed by atoms with van der Waals surface area (Å²) in [6.07, 6.45) is 10.5. The third-order valence-electron chi connectivity index (χ3n) is 13.2. The van der Waals surface area contributed by atoms with Gasteiger partial charge in [-0.15, -0.1) is 0 Å². The number of carbonyl (C=O) groups is 3. The van der Waals surface area contributed by atoms with Crippen LogP contribution in [0.2, 0.25) is 0 Å². The van der Waals surface area contributed by atoms with E-state index in [9.17, 15) is 23.2 Å². The van der Waals surface area contributed by atoms with E-state index in [1.165, 1.54) is 12.4 Å². The number of amidine groups is 1. The van der Waals surface area contributed by atoms with Crippen molar-refractivity contribution in [2.45, 2.75) is 116 Å². The van der Waals surface area contributed by atoms with Gasteiger partial charge in [0.1, 0.15) is 0 Å². The Morgan fingerprint density at radius 1 is 0.985 bits per heavy atom. The third kappa shape index (κ3) is 12.0. The number of unbranched alkanes of at least 4 members (excludes halogenated alkanes) is 5. The van der Waals surface area contributed by atoms with E-state index < -0.39 is 6.43 Å². The van der Waals surface area contributed by atoms with E-state index in [0.29, 0.717) is 71.9 Å². The predicted octanol–water partition coefficient (Wildman–Crippen LogP) is 7.55. The highest BCUT2D eigenvalue weighted by Crippen LogP contribution is 2.43. The van der Waals surface area contributed by atoms with Gasteiger partial charge in [0.25, 0.3) is 12.3 Å². The highest BCUT2D eigenvalue weighted by molar-refractivity contribution is 8.14. The molecule has 3 aromatic rings. The van der Waals surface area contributed by atoms with Gasteiger partial charge in [-0.05, 0) is 92.5 Å². The van der Waals surface area contributed by atoms with Gasteiger partial charge in [0.2, 0.25) is 11.8 Å². The minimum Gasteiger partial charge on any atom is -0.404 e. The summed E-state index contributed by atoms with van der Waals surface area (Å²) in [6.45, 7) is 11.5. The zero-order valence-electron chi connectivity index (χ0n) is 39.0. The topological polar surface area (TPSA) is 166 Å². The smallest absolute Gasteiger partial charge is 0.264 e. The molecule has 0 aliphatic carbocycles. The number of nitrogens with zero attached hydrogens (tertiary/aromatic N) is 7. The molecule has 14 nitrogen and oxygen atoms in total. The van der Waals surface area contributed by atoms with Crippen LogP contribution in [0.3, 0.4) is 0 Å². The van der Waals surface area contributed by atoms with Gasteiger partial charge in [0, 0.05) is 117 Å². The second-order valence-electron chi connectivity index (χ2n) is 18.0. The number of anilines is 3. The lowest BCUT2D eigenvalue weighted by atomic mass is 9.92. The number of piperidine rings is 1. The van der Waals surface area contributed by atoms with E-state index >= 15 is 0 Å². The Balaban J connectivity index is 0.842. The minimum absolute atomic E-state index is 0.00304. The summed E-state index contributed by atoms with van der Waals surface area (Å²) in [5.74, 6) is 0.663. The Morgan fingerprint density at radius 3 is 2.42 bits per heavy atom. The standard InChI is InChI=1S/C49H67F2N11O3S/c1-32-24-37(13-14-39(32)48(65)57-49-56-28-33(2)66-49)54-18-9-7-5-6-8-10-19-55-45(64)31-59-21-15-38(16-22-59)62-43-17-23-60(34(3)63)30-42(43)47(58-62)61-20-11-12-35-25-40(36(27-52)29-53-4)41(46(50)51)26-44(35)61/h13-14,24-27,29,33,38,46,54H,5-12,15-23,28,30-31,52H2,1-4H3,(H,55,64)(H,56,57,65).